The lowest BCUT2D eigenvalue weighted by Gasteiger charge is -2.34. The molecule has 2 N–H and O–H groups in total. The lowest BCUT2D eigenvalue weighted by atomic mass is 9.87. The summed E-state index contributed by atoms with van der Waals surface area (Å²) in [4.78, 5) is 0. The van der Waals surface area contributed by atoms with Gasteiger partial charge in [0.25, 0.3) is 0 Å². The molecule has 1 aliphatic carbocycles. The zero-order valence-corrected chi connectivity index (χ0v) is 13.3. The monoisotopic (exact) mass is 291 g/mol. The Bertz CT molecular complexity index is 403. The Kier molecular flexibility index (Phi) is 6.22. The van der Waals surface area contributed by atoms with E-state index in [1.165, 1.54) is 25.7 Å². The van der Waals surface area contributed by atoms with Crippen LogP contribution in [0.2, 0.25) is 0 Å². The third-order valence-electron chi connectivity index (χ3n) is 4.85. The molecule has 3 atom stereocenters. The summed E-state index contributed by atoms with van der Waals surface area (Å²) in [7, 11) is 1.91. The fourth-order valence-corrected chi connectivity index (χ4v) is 3.35. The lowest BCUT2D eigenvalue weighted by molar-refractivity contribution is -0.00104. The van der Waals surface area contributed by atoms with E-state index >= 15 is 0 Å². The van der Waals surface area contributed by atoms with Crippen molar-refractivity contribution in [2.45, 2.75) is 50.7 Å². The standard InChI is InChI=1S/C18H29NO2/c1-15-7-6-10-17(13-15)21-12-11-18(14-20,19-2)16-8-4-3-5-9-16/h3-5,8-9,15,17,19-20H,6-7,10-14H2,1-2H3. The molecule has 0 saturated heterocycles. The maximum Gasteiger partial charge on any atom is 0.0688 e. The van der Waals surface area contributed by atoms with Gasteiger partial charge in [-0.25, -0.2) is 0 Å². The molecule has 3 heteroatoms. The molecule has 21 heavy (non-hydrogen) atoms. The summed E-state index contributed by atoms with van der Waals surface area (Å²) in [6.45, 7) is 3.08. The van der Waals surface area contributed by atoms with Crippen LogP contribution in [-0.2, 0) is 10.3 Å². The molecule has 1 saturated carbocycles. The minimum Gasteiger partial charge on any atom is -0.394 e. The van der Waals surface area contributed by atoms with Gasteiger partial charge in [0.1, 0.15) is 0 Å². The summed E-state index contributed by atoms with van der Waals surface area (Å²) in [5.41, 5.74) is 0.720. The van der Waals surface area contributed by atoms with Crippen molar-refractivity contribution in [1.29, 1.82) is 0 Å². The van der Waals surface area contributed by atoms with Gasteiger partial charge >= 0.3 is 0 Å². The van der Waals surface area contributed by atoms with Crippen molar-refractivity contribution in [2.75, 3.05) is 20.3 Å². The molecule has 0 heterocycles. The summed E-state index contributed by atoms with van der Waals surface area (Å²) < 4.78 is 6.08. The normalized spacial score (nSPS) is 25.5. The molecule has 0 radical (unpaired) electrons. The zero-order chi connectivity index (χ0) is 15.1. The number of hydrogen-bond donors (Lipinski definition) is 2. The third kappa shape index (κ3) is 4.29. The first kappa shape index (κ1) is 16.5. The predicted octanol–water partition coefficient (Wildman–Crippen LogP) is 3.08. The number of ether oxygens (including phenoxy) is 1. The van der Waals surface area contributed by atoms with E-state index in [1.54, 1.807) is 0 Å². The molecule has 0 aromatic heterocycles. The Morgan fingerprint density at radius 2 is 2.05 bits per heavy atom. The highest BCUT2D eigenvalue weighted by Gasteiger charge is 2.30. The minimum absolute atomic E-state index is 0.0813. The molecule has 1 aliphatic rings. The summed E-state index contributed by atoms with van der Waals surface area (Å²) in [5.74, 6) is 0.782. The van der Waals surface area contributed by atoms with Crippen molar-refractivity contribution in [3.63, 3.8) is 0 Å². The van der Waals surface area contributed by atoms with E-state index < -0.39 is 5.54 Å². The van der Waals surface area contributed by atoms with Crippen LogP contribution in [0.5, 0.6) is 0 Å². The summed E-state index contributed by atoms with van der Waals surface area (Å²) in [5, 5.41) is 13.2. The van der Waals surface area contributed by atoms with Crippen molar-refractivity contribution in [3.8, 4) is 0 Å². The van der Waals surface area contributed by atoms with E-state index in [-0.39, 0.29) is 6.61 Å². The van der Waals surface area contributed by atoms with E-state index in [9.17, 15) is 5.11 Å². The van der Waals surface area contributed by atoms with Gasteiger partial charge in [-0.05, 0) is 37.8 Å². The molecule has 0 amide bonds. The van der Waals surface area contributed by atoms with Gasteiger partial charge in [0.2, 0.25) is 0 Å². The Morgan fingerprint density at radius 1 is 1.29 bits per heavy atom. The Morgan fingerprint density at radius 3 is 2.67 bits per heavy atom. The number of nitrogens with one attached hydrogen (secondary N) is 1. The van der Waals surface area contributed by atoms with Crippen LogP contribution in [0.4, 0.5) is 0 Å². The molecule has 1 aromatic rings. The van der Waals surface area contributed by atoms with Gasteiger partial charge in [0.05, 0.1) is 18.2 Å². The maximum atomic E-state index is 9.89. The quantitative estimate of drug-likeness (QED) is 0.811. The largest absolute Gasteiger partial charge is 0.394 e. The number of benzene rings is 1. The van der Waals surface area contributed by atoms with Gasteiger partial charge in [0.15, 0.2) is 0 Å². The molecule has 0 aliphatic heterocycles. The van der Waals surface area contributed by atoms with Gasteiger partial charge in [-0.2, -0.15) is 0 Å². The second kappa shape index (κ2) is 7.92. The van der Waals surface area contributed by atoms with Crippen LogP contribution in [0.3, 0.4) is 0 Å². The van der Waals surface area contributed by atoms with Gasteiger partial charge in [-0.3, -0.25) is 0 Å². The molecule has 3 nitrogen and oxygen atoms in total. The molecule has 2 rings (SSSR count). The fraction of sp³-hybridized carbons (Fsp3) is 0.667. The van der Waals surface area contributed by atoms with Crippen molar-refractivity contribution in [2.24, 2.45) is 5.92 Å². The van der Waals surface area contributed by atoms with Crippen LogP contribution < -0.4 is 5.32 Å². The number of rotatable bonds is 7. The van der Waals surface area contributed by atoms with Crippen LogP contribution >= 0.6 is 0 Å². The average molecular weight is 291 g/mol. The highest BCUT2D eigenvalue weighted by molar-refractivity contribution is 5.24. The van der Waals surface area contributed by atoms with Crippen LogP contribution in [0, 0.1) is 5.92 Å². The van der Waals surface area contributed by atoms with Crippen molar-refractivity contribution in [1.82, 2.24) is 5.32 Å². The van der Waals surface area contributed by atoms with E-state index in [0.29, 0.717) is 12.7 Å². The fourth-order valence-electron chi connectivity index (χ4n) is 3.35. The van der Waals surface area contributed by atoms with Crippen LogP contribution in [0.25, 0.3) is 0 Å². The molecule has 118 valence electrons. The first-order valence-electron chi connectivity index (χ1n) is 8.17. The summed E-state index contributed by atoms with van der Waals surface area (Å²) in [6, 6.07) is 10.2. The molecule has 1 fully saturated rings. The Balaban J connectivity index is 1.91. The Hall–Kier alpha value is -0.900. The highest BCUT2D eigenvalue weighted by Crippen LogP contribution is 2.28. The van der Waals surface area contributed by atoms with Gasteiger partial charge in [0, 0.05) is 6.61 Å². The number of likely N-dealkylation sites (N-methyl/N-ethyl adjacent to an activating group) is 1. The molecular formula is C18H29NO2. The first-order chi connectivity index (χ1) is 10.2. The predicted molar refractivity (Wildman–Crippen MR) is 86.3 cm³/mol. The lowest BCUT2D eigenvalue weighted by Crippen LogP contribution is -2.44. The Labute approximate surface area is 128 Å². The topological polar surface area (TPSA) is 41.5 Å². The van der Waals surface area contributed by atoms with E-state index in [0.717, 1.165) is 17.9 Å². The van der Waals surface area contributed by atoms with Gasteiger partial charge in [-0.15, -0.1) is 0 Å². The van der Waals surface area contributed by atoms with Crippen LogP contribution in [0.15, 0.2) is 30.3 Å². The van der Waals surface area contributed by atoms with Crippen LogP contribution in [-0.4, -0.2) is 31.5 Å². The first-order valence-corrected chi connectivity index (χ1v) is 8.17. The maximum absolute atomic E-state index is 9.89. The molecular weight excluding hydrogens is 262 g/mol. The number of aliphatic hydroxyl groups excluding tert-OH is 1. The molecule has 0 spiro atoms. The van der Waals surface area contributed by atoms with Crippen LogP contribution in [0.1, 0.15) is 44.6 Å². The second-order valence-corrected chi connectivity index (χ2v) is 6.37. The molecule has 1 aromatic carbocycles. The van der Waals surface area contributed by atoms with Crippen molar-refractivity contribution >= 4 is 0 Å². The minimum atomic E-state index is -0.401. The van der Waals surface area contributed by atoms with Crippen molar-refractivity contribution in [3.05, 3.63) is 35.9 Å². The van der Waals surface area contributed by atoms with E-state index in [1.807, 2.05) is 25.2 Å². The highest BCUT2D eigenvalue weighted by atomic mass is 16.5. The van der Waals surface area contributed by atoms with Crippen molar-refractivity contribution < 1.29 is 9.84 Å². The summed E-state index contributed by atoms with van der Waals surface area (Å²) in [6.07, 6.45) is 6.16. The van der Waals surface area contributed by atoms with Gasteiger partial charge < -0.3 is 15.2 Å². The SMILES string of the molecule is CNC(CO)(CCOC1CCCC(C)C1)c1ccccc1. The van der Waals surface area contributed by atoms with E-state index in [4.69, 9.17) is 4.74 Å². The average Bonchev–Trinajstić information content (AvgIpc) is 2.53. The third-order valence-corrected chi connectivity index (χ3v) is 4.85. The van der Waals surface area contributed by atoms with E-state index in [2.05, 4.69) is 24.4 Å². The van der Waals surface area contributed by atoms with Gasteiger partial charge in [-0.1, -0.05) is 50.1 Å². The number of aliphatic hydroxyl groups is 1. The smallest absolute Gasteiger partial charge is 0.0688 e. The summed E-state index contributed by atoms with van der Waals surface area (Å²) >= 11 is 0. The molecule has 3 unspecified atom stereocenters. The zero-order valence-electron chi connectivity index (χ0n) is 13.3. The second-order valence-electron chi connectivity index (χ2n) is 6.37. The molecule has 0 bridgehead atoms. The number of hydrogen-bond acceptors (Lipinski definition) is 3.